The van der Waals surface area contributed by atoms with E-state index < -0.39 is 0 Å². The summed E-state index contributed by atoms with van der Waals surface area (Å²) < 4.78 is 0. The SMILES string of the molecule is O=C(NCc1ccccc1Cl)N1CCN(C(=O)c2cccc(Cl)c2)CC1. The average molecular weight is 392 g/mol. The van der Waals surface area contributed by atoms with Crippen LogP contribution < -0.4 is 5.32 Å². The average Bonchev–Trinajstić information content (AvgIpc) is 2.66. The number of nitrogens with zero attached hydrogens (tertiary/aromatic N) is 2. The van der Waals surface area contributed by atoms with Crippen molar-refractivity contribution in [2.75, 3.05) is 26.2 Å². The Morgan fingerprint density at radius 2 is 1.62 bits per heavy atom. The molecule has 1 heterocycles. The fraction of sp³-hybridized carbons (Fsp3) is 0.263. The molecule has 2 aromatic carbocycles. The van der Waals surface area contributed by atoms with Crippen LogP contribution in [0.25, 0.3) is 0 Å². The van der Waals surface area contributed by atoms with Crippen molar-refractivity contribution in [3.05, 3.63) is 69.7 Å². The summed E-state index contributed by atoms with van der Waals surface area (Å²) in [5.74, 6) is -0.0661. The van der Waals surface area contributed by atoms with Crippen LogP contribution in [-0.2, 0) is 6.54 Å². The maximum atomic E-state index is 12.5. The zero-order valence-electron chi connectivity index (χ0n) is 14.1. The third kappa shape index (κ3) is 4.48. The van der Waals surface area contributed by atoms with Gasteiger partial charge in [0.15, 0.2) is 0 Å². The van der Waals surface area contributed by atoms with Crippen LogP contribution in [0.2, 0.25) is 10.0 Å². The number of hydrogen-bond acceptors (Lipinski definition) is 2. The molecule has 1 aliphatic heterocycles. The molecule has 0 bridgehead atoms. The van der Waals surface area contributed by atoms with E-state index in [-0.39, 0.29) is 11.9 Å². The van der Waals surface area contributed by atoms with Gasteiger partial charge >= 0.3 is 6.03 Å². The van der Waals surface area contributed by atoms with Crippen molar-refractivity contribution in [3.8, 4) is 0 Å². The first-order chi connectivity index (χ1) is 12.5. The summed E-state index contributed by atoms with van der Waals surface area (Å²) in [4.78, 5) is 28.3. The van der Waals surface area contributed by atoms with Crippen LogP contribution in [0, 0.1) is 0 Å². The lowest BCUT2D eigenvalue weighted by Gasteiger charge is -2.34. The summed E-state index contributed by atoms with van der Waals surface area (Å²) >= 11 is 12.0. The van der Waals surface area contributed by atoms with Gasteiger partial charge < -0.3 is 15.1 Å². The quantitative estimate of drug-likeness (QED) is 0.867. The Morgan fingerprint density at radius 3 is 2.31 bits per heavy atom. The molecule has 0 aliphatic carbocycles. The van der Waals surface area contributed by atoms with E-state index in [1.165, 1.54) is 0 Å². The lowest BCUT2D eigenvalue weighted by Crippen LogP contribution is -2.53. The molecule has 0 radical (unpaired) electrons. The monoisotopic (exact) mass is 391 g/mol. The van der Waals surface area contributed by atoms with Crippen LogP contribution in [0.15, 0.2) is 48.5 Å². The molecule has 3 amide bonds. The van der Waals surface area contributed by atoms with Gasteiger partial charge in [-0.15, -0.1) is 0 Å². The smallest absolute Gasteiger partial charge is 0.317 e. The molecule has 26 heavy (non-hydrogen) atoms. The lowest BCUT2D eigenvalue weighted by atomic mass is 10.2. The predicted molar refractivity (Wildman–Crippen MR) is 103 cm³/mol. The van der Waals surface area contributed by atoms with Gasteiger partial charge in [0.2, 0.25) is 0 Å². The summed E-state index contributed by atoms with van der Waals surface area (Å²) in [5.41, 5.74) is 1.44. The highest BCUT2D eigenvalue weighted by molar-refractivity contribution is 6.31. The highest BCUT2D eigenvalue weighted by atomic mass is 35.5. The Bertz CT molecular complexity index is 805. The lowest BCUT2D eigenvalue weighted by molar-refractivity contribution is 0.0665. The first kappa shape index (κ1) is 18.5. The van der Waals surface area contributed by atoms with Crippen LogP contribution in [0.4, 0.5) is 4.79 Å². The summed E-state index contributed by atoms with van der Waals surface area (Å²) in [6.07, 6.45) is 0. The van der Waals surface area contributed by atoms with E-state index in [2.05, 4.69) is 5.32 Å². The van der Waals surface area contributed by atoms with Gasteiger partial charge in [0.1, 0.15) is 0 Å². The molecule has 0 spiro atoms. The van der Waals surface area contributed by atoms with Gasteiger partial charge in [0.25, 0.3) is 5.91 Å². The van der Waals surface area contributed by atoms with Crippen LogP contribution in [0.3, 0.4) is 0 Å². The number of rotatable bonds is 3. The molecular formula is C19H19Cl2N3O2. The first-order valence-corrected chi connectivity index (χ1v) is 9.11. The van der Waals surface area contributed by atoms with E-state index in [4.69, 9.17) is 23.2 Å². The molecule has 1 N–H and O–H groups in total. The molecule has 7 heteroatoms. The Balaban J connectivity index is 1.51. The zero-order chi connectivity index (χ0) is 18.5. The van der Waals surface area contributed by atoms with Crippen molar-refractivity contribution in [1.29, 1.82) is 0 Å². The number of hydrogen-bond donors (Lipinski definition) is 1. The minimum Gasteiger partial charge on any atom is -0.335 e. The van der Waals surface area contributed by atoms with E-state index in [0.29, 0.717) is 48.3 Å². The van der Waals surface area contributed by atoms with Crippen LogP contribution >= 0.6 is 23.2 Å². The number of carbonyl (C=O) groups excluding carboxylic acids is 2. The van der Waals surface area contributed by atoms with Crippen molar-refractivity contribution in [3.63, 3.8) is 0 Å². The van der Waals surface area contributed by atoms with Gasteiger partial charge in [-0.3, -0.25) is 4.79 Å². The molecule has 1 aliphatic rings. The van der Waals surface area contributed by atoms with Gasteiger partial charge in [-0.05, 0) is 29.8 Å². The molecule has 5 nitrogen and oxygen atoms in total. The van der Waals surface area contributed by atoms with E-state index in [1.54, 1.807) is 40.1 Å². The Labute approximate surface area is 162 Å². The largest absolute Gasteiger partial charge is 0.335 e. The summed E-state index contributed by atoms with van der Waals surface area (Å²) in [6, 6.07) is 14.2. The summed E-state index contributed by atoms with van der Waals surface area (Å²) in [6.45, 7) is 2.33. The number of piperazine rings is 1. The zero-order valence-corrected chi connectivity index (χ0v) is 15.6. The number of carbonyl (C=O) groups is 2. The molecule has 0 saturated carbocycles. The maximum Gasteiger partial charge on any atom is 0.317 e. The van der Waals surface area contributed by atoms with Crippen molar-refractivity contribution < 1.29 is 9.59 Å². The second kappa shape index (κ2) is 8.43. The molecular weight excluding hydrogens is 373 g/mol. The van der Waals surface area contributed by atoms with E-state index >= 15 is 0 Å². The standard InChI is InChI=1S/C19H19Cl2N3O2/c20-16-6-3-5-14(12-16)18(25)23-8-10-24(11-9-23)19(26)22-13-15-4-1-2-7-17(15)21/h1-7,12H,8-11,13H2,(H,22,26). The minimum absolute atomic E-state index is 0.0661. The molecule has 0 aromatic heterocycles. The van der Waals surface area contributed by atoms with E-state index in [1.807, 2.05) is 18.2 Å². The molecule has 3 rings (SSSR count). The molecule has 1 fully saturated rings. The molecule has 0 atom stereocenters. The number of amides is 3. The first-order valence-electron chi connectivity index (χ1n) is 8.35. The molecule has 1 saturated heterocycles. The van der Waals surface area contributed by atoms with Crippen molar-refractivity contribution in [2.24, 2.45) is 0 Å². The van der Waals surface area contributed by atoms with Crippen LogP contribution in [0.1, 0.15) is 15.9 Å². The molecule has 0 unspecified atom stereocenters. The predicted octanol–water partition coefficient (Wildman–Crippen LogP) is 3.66. The Kier molecular flexibility index (Phi) is 6.01. The second-order valence-electron chi connectivity index (χ2n) is 6.04. The number of urea groups is 1. The van der Waals surface area contributed by atoms with Gasteiger partial charge in [-0.25, -0.2) is 4.79 Å². The third-order valence-electron chi connectivity index (χ3n) is 4.31. The highest BCUT2D eigenvalue weighted by Crippen LogP contribution is 2.16. The van der Waals surface area contributed by atoms with Crippen LogP contribution in [-0.4, -0.2) is 47.9 Å². The fourth-order valence-corrected chi connectivity index (χ4v) is 3.23. The molecule has 2 aromatic rings. The summed E-state index contributed by atoms with van der Waals surface area (Å²) in [7, 11) is 0. The van der Waals surface area contributed by atoms with Gasteiger partial charge in [-0.1, -0.05) is 47.5 Å². The van der Waals surface area contributed by atoms with Gasteiger partial charge in [-0.2, -0.15) is 0 Å². The second-order valence-corrected chi connectivity index (χ2v) is 6.88. The maximum absolute atomic E-state index is 12.5. The highest BCUT2D eigenvalue weighted by Gasteiger charge is 2.24. The summed E-state index contributed by atoms with van der Waals surface area (Å²) in [5, 5.41) is 4.04. The molecule has 136 valence electrons. The van der Waals surface area contributed by atoms with Crippen molar-refractivity contribution in [2.45, 2.75) is 6.54 Å². The number of halogens is 2. The van der Waals surface area contributed by atoms with Gasteiger partial charge in [0, 0.05) is 48.3 Å². The van der Waals surface area contributed by atoms with Crippen LogP contribution in [0.5, 0.6) is 0 Å². The Hall–Kier alpha value is -2.24. The normalized spacial score (nSPS) is 14.2. The number of nitrogens with one attached hydrogen (secondary N) is 1. The number of benzene rings is 2. The van der Waals surface area contributed by atoms with E-state index in [0.717, 1.165) is 5.56 Å². The van der Waals surface area contributed by atoms with E-state index in [9.17, 15) is 9.59 Å². The Morgan fingerprint density at radius 1 is 0.923 bits per heavy atom. The van der Waals surface area contributed by atoms with Crippen molar-refractivity contribution >= 4 is 35.1 Å². The van der Waals surface area contributed by atoms with Crippen molar-refractivity contribution in [1.82, 2.24) is 15.1 Å². The topological polar surface area (TPSA) is 52.7 Å². The van der Waals surface area contributed by atoms with Gasteiger partial charge in [0.05, 0.1) is 0 Å². The minimum atomic E-state index is -0.153. The third-order valence-corrected chi connectivity index (χ3v) is 4.92. The fourth-order valence-electron chi connectivity index (χ4n) is 2.84.